The molecule has 1 N–H and O–H groups in total. The third-order valence-corrected chi connectivity index (χ3v) is 3.66. The van der Waals surface area contributed by atoms with Gasteiger partial charge in [0.25, 0.3) is 5.69 Å². The van der Waals surface area contributed by atoms with Crippen LogP contribution in [0.4, 0.5) is 11.4 Å². The summed E-state index contributed by atoms with van der Waals surface area (Å²) < 4.78 is 0.988. The van der Waals surface area contributed by atoms with Gasteiger partial charge in [-0.05, 0) is 36.8 Å². The third kappa shape index (κ3) is 3.49. The molecule has 0 radical (unpaired) electrons. The maximum absolute atomic E-state index is 11.0. The van der Waals surface area contributed by atoms with E-state index in [0.717, 1.165) is 10.0 Å². The molecule has 0 spiro atoms. The van der Waals surface area contributed by atoms with Crippen LogP contribution in [0.25, 0.3) is 0 Å². The minimum absolute atomic E-state index is 0.0124. The minimum Gasteiger partial charge on any atom is -0.373 e. The molecule has 4 nitrogen and oxygen atoms in total. The summed E-state index contributed by atoms with van der Waals surface area (Å²) in [5.74, 6) is 0. The number of nitro benzene ring substituents is 1. The molecular weight excluding hydrogens is 344 g/mol. The topological polar surface area (TPSA) is 55.2 Å². The molecule has 0 unspecified atom stereocenters. The van der Waals surface area contributed by atoms with E-state index in [0.29, 0.717) is 10.7 Å². The zero-order valence-electron chi connectivity index (χ0n) is 10.6. The third-order valence-electron chi connectivity index (χ3n) is 2.90. The molecule has 2 rings (SSSR count). The van der Waals surface area contributed by atoms with E-state index >= 15 is 0 Å². The Morgan fingerprint density at radius 3 is 2.50 bits per heavy atom. The Morgan fingerprint density at radius 1 is 1.25 bits per heavy atom. The molecule has 0 fully saturated rings. The van der Waals surface area contributed by atoms with Crippen LogP contribution in [-0.2, 0) is 0 Å². The highest BCUT2D eigenvalue weighted by molar-refractivity contribution is 9.10. The van der Waals surface area contributed by atoms with E-state index in [4.69, 9.17) is 11.6 Å². The SMILES string of the molecule is C[C@@H](Nc1cc(Cl)ccc1[N+](=O)[O-])c1ccc(Br)cc1. The molecule has 0 saturated heterocycles. The summed E-state index contributed by atoms with van der Waals surface area (Å²) in [4.78, 5) is 10.6. The first-order chi connectivity index (χ1) is 9.47. The van der Waals surface area contributed by atoms with Crippen LogP contribution < -0.4 is 5.32 Å². The molecule has 0 saturated carbocycles. The predicted molar refractivity (Wildman–Crippen MR) is 84.3 cm³/mol. The molecule has 6 heteroatoms. The fraction of sp³-hybridized carbons (Fsp3) is 0.143. The normalized spacial score (nSPS) is 11.9. The zero-order valence-corrected chi connectivity index (χ0v) is 13.0. The van der Waals surface area contributed by atoms with Gasteiger partial charge in [-0.3, -0.25) is 10.1 Å². The van der Waals surface area contributed by atoms with Gasteiger partial charge in [-0.25, -0.2) is 0 Å². The number of benzene rings is 2. The Hall–Kier alpha value is -1.59. The lowest BCUT2D eigenvalue weighted by Crippen LogP contribution is -2.08. The lowest BCUT2D eigenvalue weighted by molar-refractivity contribution is -0.384. The molecule has 0 amide bonds. The van der Waals surface area contributed by atoms with Gasteiger partial charge >= 0.3 is 0 Å². The van der Waals surface area contributed by atoms with Crippen molar-refractivity contribution in [3.63, 3.8) is 0 Å². The van der Waals surface area contributed by atoms with Crippen LogP contribution in [0.2, 0.25) is 5.02 Å². The van der Waals surface area contributed by atoms with Crippen molar-refractivity contribution >= 4 is 38.9 Å². The van der Waals surface area contributed by atoms with Gasteiger partial charge < -0.3 is 5.32 Å². The first-order valence-corrected chi connectivity index (χ1v) is 7.10. The smallest absolute Gasteiger partial charge is 0.292 e. The van der Waals surface area contributed by atoms with Crippen molar-refractivity contribution in [2.24, 2.45) is 0 Å². The number of hydrogen-bond acceptors (Lipinski definition) is 3. The standard InChI is InChI=1S/C14H12BrClN2O2/c1-9(10-2-4-11(15)5-3-10)17-13-8-12(16)6-7-14(13)18(19)20/h2-9,17H,1H3/t9-/m1/s1. The Labute approximate surface area is 130 Å². The Morgan fingerprint density at radius 2 is 1.90 bits per heavy atom. The summed E-state index contributed by atoms with van der Waals surface area (Å²) >= 11 is 9.28. The van der Waals surface area contributed by atoms with Crippen LogP contribution in [0.1, 0.15) is 18.5 Å². The zero-order chi connectivity index (χ0) is 14.7. The van der Waals surface area contributed by atoms with Crippen LogP contribution >= 0.6 is 27.5 Å². The fourth-order valence-electron chi connectivity index (χ4n) is 1.85. The average molecular weight is 356 g/mol. The summed E-state index contributed by atoms with van der Waals surface area (Å²) in [6.45, 7) is 1.94. The van der Waals surface area contributed by atoms with E-state index in [9.17, 15) is 10.1 Å². The van der Waals surface area contributed by atoms with Crippen LogP contribution in [-0.4, -0.2) is 4.92 Å². The second-order valence-electron chi connectivity index (χ2n) is 4.34. The van der Waals surface area contributed by atoms with E-state index in [2.05, 4.69) is 21.2 Å². The molecule has 2 aromatic rings. The fourth-order valence-corrected chi connectivity index (χ4v) is 2.29. The van der Waals surface area contributed by atoms with Gasteiger partial charge in [0, 0.05) is 21.6 Å². The number of rotatable bonds is 4. The van der Waals surface area contributed by atoms with E-state index < -0.39 is 4.92 Å². The van der Waals surface area contributed by atoms with E-state index in [1.165, 1.54) is 12.1 Å². The van der Waals surface area contributed by atoms with Crippen LogP contribution in [0.5, 0.6) is 0 Å². The summed E-state index contributed by atoms with van der Waals surface area (Å²) in [6.07, 6.45) is 0. The number of anilines is 1. The number of nitrogens with zero attached hydrogens (tertiary/aromatic N) is 1. The van der Waals surface area contributed by atoms with Crippen molar-refractivity contribution in [2.75, 3.05) is 5.32 Å². The van der Waals surface area contributed by atoms with Crippen molar-refractivity contribution in [3.8, 4) is 0 Å². The molecule has 20 heavy (non-hydrogen) atoms. The van der Waals surface area contributed by atoms with Crippen molar-refractivity contribution in [1.82, 2.24) is 0 Å². The molecule has 0 aromatic heterocycles. The lowest BCUT2D eigenvalue weighted by Gasteiger charge is -2.16. The van der Waals surface area contributed by atoms with Crippen molar-refractivity contribution in [3.05, 3.63) is 67.6 Å². The maximum Gasteiger partial charge on any atom is 0.292 e. The molecule has 0 aliphatic rings. The number of nitro groups is 1. The van der Waals surface area contributed by atoms with Crippen molar-refractivity contribution in [1.29, 1.82) is 0 Å². The second-order valence-corrected chi connectivity index (χ2v) is 5.69. The predicted octanol–water partition coefficient (Wildman–Crippen LogP) is 5.18. The van der Waals surface area contributed by atoms with Crippen molar-refractivity contribution < 1.29 is 4.92 Å². The van der Waals surface area contributed by atoms with Crippen LogP contribution in [0.3, 0.4) is 0 Å². The van der Waals surface area contributed by atoms with Gasteiger partial charge in [0.1, 0.15) is 5.69 Å². The molecule has 0 heterocycles. The molecule has 1 atom stereocenters. The van der Waals surface area contributed by atoms with Crippen molar-refractivity contribution in [2.45, 2.75) is 13.0 Å². The minimum atomic E-state index is -0.424. The average Bonchev–Trinajstić information content (AvgIpc) is 2.39. The monoisotopic (exact) mass is 354 g/mol. The summed E-state index contributed by atoms with van der Waals surface area (Å²) in [5, 5.41) is 14.6. The van der Waals surface area contributed by atoms with Gasteiger partial charge in [-0.1, -0.05) is 39.7 Å². The Bertz CT molecular complexity index is 632. The summed E-state index contributed by atoms with van der Waals surface area (Å²) in [5.41, 5.74) is 1.46. The lowest BCUT2D eigenvalue weighted by atomic mass is 10.1. The van der Waals surface area contributed by atoms with E-state index in [-0.39, 0.29) is 11.7 Å². The first-order valence-electron chi connectivity index (χ1n) is 5.93. The largest absolute Gasteiger partial charge is 0.373 e. The van der Waals surface area contributed by atoms with Crippen LogP contribution in [0.15, 0.2) is 46.9 Å². The van der Waals surface area contributed by atoms with Gasteiger partial charge in [-0.2, -0.15) is 0 Å². The van der Waals surface area contributed by atoms with Gasteiger partial charge in [-0.15, -0.1) is 0 Å². The molecular formula is C14H12BrClN2O2. The molecule has 104 valence electrons. The summed E-state index contributed by atoms with van der Waals surface area (Å²) in [6, 6.07) is 12.2. The second kappa shape index (κ2) is 6.24. The maximum atomic E-state index is 11.0. The number of nitrogens with one attached hydrogen (secondary N) is 1. The van der Waals surface area contributed by atoms with E-state index in [1.54, 1.807) is 6.07 Å². The first kappa shape index (κ1) is 14.8. The molecule has 0 bridgehead atoms. The number of halogens is 2. The highest BCUT2D eigenvalue weighted by Crippen LogP contribution is 2.31. The quantitative estimate of drug-likeness (QED) is 0.607. The molecule has 0 aliphatic carbocycles. The molecule has 2 aromatic carbocycles. The number of hydrogen-bond donors (Lipinski definition) is 1. The summed E-state index contributed by atoms with van der Waals surface area (Å²) in [7, 11) is 0. The highest BCUT2D eigenvalue weighted by atomic mass is 79.9. The highest BCUT2D eigenvalue weighted by Gasteiger charge is 2.16. The van der Waals surface area contributed by atoms with Crippen LogP contribution in [0, 0.1) is 10.1 Å². The Balaban J connectivity index is 2.27. The van der Waals surface area contributed by atoms with E-state index in [1.807, 2.05) is 31.2 Å². The van der Waals surface area contributed by atoms with Gasteiger partial charge in [0.2, 0.25) is 0 Å². The van der Waals surface area contributed by atoms with Gasteiger partial charge in [0.15, 0.2) is 0 Å². The molecule has 0 aliphatic heterocycles. The van der Waals surface area contributed by atoms with Gasteiger partial charge in [0.05, 0.1) is 4.92 Å². The Kier molecular flexibility index (Phi) is 4.62.